The quantitative estimate of drug-likeness (QED) is 0.758. The molecule has 0 aliphatic carbocycles. The summed E-state index contributed by atoms with van der Waals surface area (Å²) in [6.07, 6.45) is 4.28. The molecule has 1 aliphatic heterocycles. The Morgan fingerprint density at radius 1 is 1.19 bits per heavy atom. The monoisotopic (exact) mass is 374 g/mol. The molecule has 2 amide bonds. The van der Waals surface area contributed by atoms with E-state index in [0.29, 0.717) is 12.5 Å². The SMILES string of the molecule is CCOc1ccc(CCC2CCN(C(=O)[C@@H](NC(C)=O)C(C)C)CC2)cc1. The van der Waals surface area contributed by atoms with E-state index >= 15 is 0 Å². The van der Waals surface area contributed by atoms with Crippen molar-refractivity contribution in [1.29, 1.82) is 0 Å². The molecule has 1 fully saturated rings. The Balaban J connectivity index is 1.78. The number of benzene rings is 1. The lowest BCUT2D eigenvalue weighted by atomic mass is 9.90. The van der Waals surface area contributed by atoms with Crippen molar-refractivity contribution in [2.75, 3.05) is 19.7 Å². The van der Waals surface area contributed by atoms with Gasteiger partial charge in [-0.25, -0.2) is 0 Å². The summed E-state index contributed by atoms with van der Waals surface area (Å²) in [5, 5.41) is 2.81. The van der Waals surface area contributed by atoms with E-state index < -0.39 is 6.04 Å². The highest BCUT2D eigenvalue weighted by Gasteiger charge is 2.30. The summed E-state index contributed by atoms with van der Waals surface area (Å²) in [5.74, 6) is 1.59. The van der Waals surface area contributed by atoms with E-state index in [0.717, 1.165) is 44.5 Å². The molecule has 0 aromatic heterocycles. The number of nitrogens with zero attached hydrogens (tertiary/aromatic N) is 1. The molecule has 0 unspecified atom stereocenters. The van der Waals surface area contributed by atoms with Crippen molar-refractivity contribution in [1.82, 2.24) is 10.2 Å². The Morgan fingerprint density at radius 2 is 1.81 bits per heavy atom. The van der Waals surface area contributed by atoms with E-state index in [-0.39, 0.29) is 17.7 Å². The summed E-state index contributed by atoms with van der Waals surface area (Å²) < 4.78 is 5.49. The van der Waals surface area contributed by atoms with E-state index in [4.69, 9.17) is 4.74 Å². The summed E-state index contributed by atoms with van der Waals surface area (Å²) in [4.78, 5) is 26.1. The van der Waals surface area contributed by atoms with Crippen LogP contribution in [0.2, 0.25) is 0 Å². The Hall–Kier alpha value is -2.04. The molecule has 2 rings (SSSR count). The number of carbonyl (C=O) groups excluding carboxylic acids is 2. The Labute approximate surface area is 163 Å². The second-order valence-electron chi connectivity index (χ2n) is 7.81. The Kier molecular flexibility index (Phi) is 8.14. The summed E-state index contributed by atoms with van der Waals surface area (Å²) in [6, 6.07) is 7.94. The van der Waals surface area contributed by atoms with Gasteiger partial charge < -0.3 is 15.0 Å². The molecular weight excluding hydrogens is 340 g/mol. The summed E-state index contributed by atoms with van der Waals surface area (Å²) in [6.45, 7) is 9.67. The molecule has 0 radical (unpaired) electrons. The van der Waals surface area contributed by atoms with E-state index in [1.54, 1.807) is 0 Å². The standard InChI is InChI=1S/C22H34N2O3/c1-5-27-20-10-8-18(9-11-20)6-7-19-12-14-24(15-13-19)22(26)21(16(2)3)23-17(4)25/h8-11,16,19,21H,5-7,12-15H2,1-4H3,(H,23,25)/t21-/m0/s1. The van der Waals surface area contributed by atoms with E-state index in [2.05, 4.69) is 17.4 Å². The van der Waals surface area contributed by atoms with E-state index in [1.807, 2.05) is 37.8 Å². The number of amides is 2. The van der Waals surface area contributed by atoms with Crippen LogP contribution in [0.15, 0.2) is 24.3 Å². The Bertz CT molecular complexity index is 604. The molecule has 27 heavy (non-hydrogen) atoms. The van der Waals surface area contributed by atoms with E-state index in [1.165, 1.54) is 12.5 Å². The second kappa shape index (κ2) is 10.3. The zero-order chi connectivity index (χ0) is 19.8. The molecule has 0 spiro atoms. The first-order valence-corrected chi connectivity index (χ1v) is 10.2. The minimum Gasteiger partial charge on any atom is -0.494 e. The molecule has 150 valence electrons. The average Bonchev–Trinajstić information content (AvgIpc) is 2.65. The zero-order valence-electron chi connectivity index (χ0n) is 17.2. The smallest absolute Gasteiger partial charge is 0.245 e. The van der Waals surface area contributed by atoms with Crippen molar-refractivity contribution in [3.8, 4) is 5.75 Å². The van der Waals surface area contributed by atoms with Crippen LogP contribution in [0.3, 0.4) is 0 Å². The number of piperidine rings is 1. The number of hydrogen-bond acceptors (Lipinski definition) is 3. The van der Waals surface area contributed by atoms with Gasteiger partial charge in [-0.1, -0.05) is 26.0 Å². The largest absolute Gasteiger partial charge is 0.494 e. The highest BCUT2D eigenvalue weighted by atomic mass is 16.5. The molecule has 1 aromatic carbocycles. The van der Waals surface area contributed by atoms with Gasteiger partial charge in [-0.05, 0) is 62.1 Å². The van der Waals surface area contributed by atoms with Gasteiger partial charge in [0.25, 0.3) is 0 Å². The third kappa shape index (κ3) is 6.56. The van der Waals surface area contributed by atoms with Crippen molar-refractivity contribution >= 4 is 11.8 Å². The first-order valence-electron chi connectivity index (χ1n) is 10.2. The molecule has 5 nitrogen and oxygen atoms in total. The first kappa shape index (κ1) is 21.3. The van der Waals surface area contributed by atoms with Crippen molar-refractivity contribution in [3.05, 3.63) is 29.8 Å². The lowest BCUT2D eigenvalue weighted by Crippen LogP contribution is -2.52. The lowest BCUT2D eigenvalue weighted by Gasteiger charge is -2.35. The van der Waals surface area contributed by atoms with Crippen LogP contribution in [0.4, 0.5) is 0 Å². The predicted molar refractivity (Wildman–Crippen MR) is 108 cm³/mol. The Morgan fingerprint density at radius 3 is 2.33 bits per heavy atom. The molecular formula is C22H34N2O3. The number of rotatable bonds is 8. The van der Waals surface area contributed by atoms with Crippen molar-refractivity contribution < 1.29 is 14.3 Å². The van der Waals surface area contributed by atoms with Crippen LogP contribution in [-0.2, 0) is 16.0 Å². The number of ether oxygens (including phenoxy) is 1. The highest BCUT2D eigenvalue weighted by molar-refractivity contribution is 5.87. The van der Waals surface area contributed by atoms with Gasteiger partial charge in [0, 0.05) is 20.0 Å². The van der Waals surface area contributed by atoms with Crippen LogP contribution in [0, 0.1) is 11.8 Å². The molecule has 1 N–H and O–H groups in total. The maximum absolute atomic E-state index is 12.7. The van der Waals surface area contributed by atoms with Crippen LogP contribution in [0.5, 0.6) is 5.75 Å². The van der Waals surface area contributed by atoms with Gasteiger partial charge in [-0.3, -0.25) is 9.59 Å². The average molecular weight is 375 g/mol. The fourth-order valence-corrected chi connectivity index (χ4v) is 3.66. The summed E-state index contributed by atoms with van der Waals surface area (Å²) >= 11 is 0. The van der Waals surface area contributed by atoms with Crippen molar-refractivity contribution in [2.45, 2.75) is 59.4 Å². The molecule has 1 aromatic rings. The van der Waals surface area contributed by atoms with Crippen molar-refractivity contribution in [2.24, 2.45) is 11.8 Å². The van der Waals surface area contributed by atoms with Crippen LogP contribution in [0.1, 0.15) is 52.5 Å². The number of nitrogens with one attached hydrogen (secondary N) is 1. The van der Waals surface area contributed by atoms with Gasteiger partial charge in [0.2, 0.25) is 11.8 Å². The molecule has 0 saturated carbocycles. The highest BCUT2D eigenvalue weighted by Crippen LogP contribution is 2.24. The first-order chi connectivity index (χ1) is 12.9. The molecule has 1 heterocycles. The van der Waals surface area contributed by atoms with Gasteiger partial charge in [0.1, 0.15) is 11.8 Å². The minimum absolute atomic E-state index is 0.0603. The number of likely N-dealkylation sites (tertiary alicyclic amines) is 1. The zero-order valence-corrected chi connectivity index (χ0v) is 17.2. The van der Waals surface area contributed by atoms with Crippen LogP contribution in [-0.4, -0.2) is 42.5 Å². The third-order valence-corrected chi connectivity index (χ3v) is 5.29. The normalized spacial score (nSPS) is 16.3. The molecule has 0 bridgehead atoms. The lowest BCUT2D eigenvalue weighted by molar-refractivity contribution is -0.138. The molecule has 1 saturated heterocycles. The summed E-state index contributed by atoms with van der Waals surface area (Å²) in [5.41, 5.74) is 1.34. The maximum Gasteiger partial charge on any atom is 0.245 e. The third-order valence-electron chi connectivity index (χ3n) is 5.29. The number of carbonyl (C=O) groups is 2. The van der Waals surface area contributed by atoms with Gasteiger partial charge in [0.05, 0.1) is 6.61 Å². The van der Waals surface area contributed by atoms with Gasteiger partial charge >= 0.3 is 0 Å². The molecule has 1 atom stereocenters. The van der Waals surface area contributed by atoms with Gasteiger partial charge in [-0.2, -0.15) is 0 Å². The van der Waals surface area contributed by atoms with Crippen LogP contribution in [0.25, 0.3) is 0 Å². The fraction of sp³-hybridized carbons (Fsp3) is 0.636. The van der Waals surface area contributed by atoms with Gasteiger partial charge in [0.15, 0.2) is 0 Å². The second-order valence-corrected chi connectivity index (χ2v) is 7.81. The molecule has 1 aliphatic rings. The molecule has 5 heteroatoms. The predicted octanol–water partition coefficient (Wildman–Crippen LogP) is 3.42. The number of hydrogen-bond donors (Lipinski definition) is 1. The van der Waals surface area contributed by atoms with Gasteiger partial charge in [-0.15, -0.1) is 0 Å². The van der Waals surface area contributed by atoms with Crippen LogP contribution >= 0.6 is 0 Å². The van der Waals surface area contributed by atoms with Crippen LogP contribution < -0.4 is 10.1 Å². The fourth-order valence-electron chi connectivity index (χ4n) is 3.66. The summed E-state index contributed by atoms with van der Waals surface area (Å²) in [7, 11) is 0. The minimum atomic E-state index is -0.414. The van der Waals surface area contributed by atoms with E-state index in [9.17, 15) is 9.59 Å². The van der Waals surface area contributed by atoms with Crippen molar-refractivity contribution in [3.63, 3.8) is 0 Å². The topological polar surface area (TPSA) is 58.6 Å². The number of aryl methyl sites for hydroxylation is 1. The maximum atomic E-state index is 12.7.